The van der Waals surface area contributed by atoms with Crippen LogP contribution in [0.3, 0.4) is 0 Å². The van der Waals surface area contributed by atoms with Crippen LogP contribution in [0, 0.1) is 0 Å². The van der Waals surface area contributed by atoms with E-state index in [0.29, 0.717) is 5.75 Å². The van der Waals surface area contributed by atoms with Crippen molar-refractivity contribution < 1.29 is 9.84 Å². The van der Waals surface area contributed by atoms with E-state index in [0.717, 1.165) is 14.5 Å². The third-order valence-corrected chi connectivity index (χ3v) is 2.66. The van der Waals surface area contributed by atoms with Crippen molar-refractivity contribution in [2.45, 2.75) is 26.6 Å². The molecular weight excluding hydrogens is 312 g/mol. The first-order chi connectivity index (χ1) is 6.54. The van der Waals surface area contributed by atoms with Gasteiger partial charge in [-0.05, 0) is 41.9 Å². The Morgan fingerprint density at radius 1 is 1.36 bits per heavy atom. The van der Waals surface area contributed by atoms with Crippen LogP contribution in [0.5, 0.6) is 5.75 Å². The number of hydrogen-bond donors (Lipinski definition) is 1. The number of halogens is 2. The van der Waals surface area contributed by atoms with E-state index in [4.69, 9.17) is 9.84 Å². The van der Waals surface area contributed by atoms with Gasteiger partial charge in [-0.25, -0.2) is 0 Å². The molecule has 0 radical (unpaired) electrons. The van der Waals surface area contributed by atoms with E-state index < -0.39 is 0 Å². The van der Waals surface area contributed by atoms with E-state index in [9.17, 15) is 0 Å². The summed E-state index contributed by atoms with van der Waals surface area (Å²) in [7, 11) is 0. The quantitative estimate of drug-likeness (QED) is 0.922. The summed E-state index contributed by atoms with van der Waals surface area (Å²) in [6.45, 7) is 3.88. The molecule has 0 aromatic heterocycles. The zero-order chi connectivity index (χ0) is 10.7. The van der Waals surface area contributed by atoms with Gasteiger partial charge in [-0.2, -0.15) is 0 Å². The lowest BCUT2D eigenvalue weighted by molar-refractivity contribution is 0.224. The summed E-state index contributed by atoms with van der Waals surface area (Å²) in [6.07, 6.45) is 0.0952. The van der Waals surface area contributed by atoms with Gasteiger partial charge in [0.1, 0.15) is 5.75 Å². The fraction of sp³-hybridized carbons (Fsp3) is 0.400. The lowest BCUT2D eigenvalue weighted by Gasteiger charge is -2.15. The first-order valence-corrected chi connectivity index (χ1v) is 5.88. The van der Waals surface area contributed by atoms with Crippen molar-refractivity contribution in [1.82, 2.24) is 0 Å². The van der Waals surface area contributed by atoms with Crippen LogP contribution in [0.1, 0.15) is 19.4 Å². The molecule has 0 aliphatic rings. The predicted octanol–water partition coefficient (Wildman–Crippen LogP) is 3.49. The monoisotopic (exact) mass is 322 g/mol. The first kappa shape index (κ1) is 12.0. The molecule has 14 heavy (non-hydrogen) atoms. The Labute approximate surface area is 101 Å². The Hall–Kier alpha value is -0.0600. The second-order valence-corrected chi connectivity index (χ2v) is 4.97. The normalized spacial score (nSPS) is 10.7. The molecule has 0 bridgehead atoms. The second-order valence-electron chi connectivity index (χ2n) is 3.20. The number of hydrogen-bond acceptors (Lipinski definition) is 2. The Morgan fingerprint density at radius 3 is 2.50 bits per heavy atom. The number of rotatable bonds is 3. The minimum absolute atomic E-state index is 0.0277. The Bertz CT molecular complexity index is 324. The van der Waals surface area contributed by atoms with Crippen molar-refractivity contribution in [2.75, 3.05) is 0 Å². The molecule has 0 aliphatic heterocycles. The summed E-state index contributed by atoms with van der Waals surface area (Å²) < 4.78 is 7.37. The Kier molecular flexibility index (Phi) is 4.41. The van der Waals surface area contributed by atoms with E-state index >= 15 is 0 Å². The average molecular weight is 324 g/mol. The molecule has 1 aromatic carbocycles. The van der Waals surface area contributed by atoms with Crippen LogP contribution in [0.2, 0.25) is 0 Å². The zero-order valence-electron chi connectivity index (χ0n) is 8.05. The van der Waals surface area contributed by atoms with Crippen molar-refractivity contribution >= 4 is 31.9 Å². The molecule has 0 saturated heterocycles. The Balaban J connectivity index is 3.11. The van der Waals surface area contributed by atoms with E-state index in [1.165, 1.54) is 0 Å². The highest BCUT2D eigenvalue weighted by molar-refractivity contribution is 9.11. The molecule has 0 fully saturated rings. The van der Waals surface area contributed by atoms with Crippen molar-refractivity contribution in [3.05, 3.63) is 26.6 Å². The molecule has 0 aliphatic carbocycles. The maximum absolute atomic E-state index is 9.16. The highest BCUT2D eigenvalue weighted by atomic mass is 79.9. The van der Waals surface area contributed by atoms with Gasteiger partial charge in [0.15, 0.2) is 0 Å². The topological polar surface area (TPSA) is 29.5 Å². The lowest BCUT2D eigenvalue weighted by atomic mass is 10.2. The molecule has 0 heterocycles. The maximum Gasteiger partial charge on any atom is 0.139 e. The lowest BCUT2D eigenvalue weighted by Crippen LogP contribution is -2.08. The van der Waals surface area contributed by atoms with Gasteiger partial charge in [0.2, 0.25) is 0 Å². The van der Waals surface area contributed by atoms with Crippen LogP contribution in [-0.4, -0.2) is 11.2 Å². The van der Waals surface area contributed by atoms with Gasteiger partial charge in [-0.15, -0.1) is 0 Å². The van der Waals surface area contributed by atoms with Crippen LogP contribution >= 0.6 is 31.9 Å². The standard InChI is InChI=1S/C10H12Br2O2/c1-6(2)14-10-7(5-13)3-8(11)4-9(10)12/h3-4,6,13H,5H2,1-2H3. The van der Waals surface area contributed by atoms with Crippen molar-refractivity contribution in [2.24, 2.45) is 0 Å². The van der Waals surface area contributed by atoms with E-state index in [1.54, 1.807) is 0 Å². The van der Waals surface area contributed by atoms with E-state index in [-0.39, 0.29) is 12.7 Å². The van der Waals surface area contributed by atoms with Crippen molar-refractivity contribution in [1.29, 1.82) is 0 Å². The third kappa shape index (κ3) is 2.97. The molecule has 78 valence electrons. The van der Waals surface area contributed by atoms with E-state index in [2.05, 4.69) is 31.9 Å². The van der Waals surface area contributed by atoms with Crippen molar-refractivity contribution in [3.63, 3.8) is 0 Å². The molecule has 2 nitrogen and oxygen atoms in total. The fourth-order valence-electron chi connectivity index (χ4n) is 1.10. The molecular formula is C10H12Br2O2. The summed E-state index contributed by atoms with van der Waals surface area (Å²) in [5.41, 5.74) is 0.778. The summed E-state index contributed by atoms with van der Waals surface area (Å²) in [5.74, 6) is 0.714. The van der Waals surface area contributed by atoms with Gasteiger partial charge in [0, 0.05) is 10.0 Å². The van der Waals surface area contributed by atoms with Crippen LogP contribution < -0.4 is 4.74 Å². The van der Waals surface area contributed by atoms with Gasteiger partial charge >= 0.3 is 0 Å². The van der Waals surface area contributed by atoms with Crippen LogP contribution in [0.4, 0.5) is 0 Å². The molecule has 4 heteroatoms. The van der Waals surface area contributed by atoms with Gasteiger partial charge in [-0.3, -0.25) is 0 Å². The van der Waals surface area contributed by atoms with Crippen LogP contribution in [-0.2, 0) is 6.61 Å². The van der Waals surface area contributed by atoms with Gasteiger partial charge in [-0.1, -0.05) is 15.9 Å². The molecule has 0 unspecified atom stereocenters. The minimum Gasteiger partial charge on any atom is -0.489 e. The SMILES string of the molecule is CC(C)Oc1c(Br)cc(Br)cc1CO. The highest BCUT2D eigenvalue weighted by Gasteiger charge is 2.10. The number of ether oxygens (including phenoxy) is 1. The molecule has 1 N–H and O–H groups in total. The first-order valence-electron chi connectivity index (χ1n) is 4.30. The number of aliphatic hydroxyl groups is 1. The fourth-order valence-corrected chi connectivity index (χ4v) is 2.51. The zero-order valence-corrected chi connectivity index (χ0v) is 11.2. The molecule has 0 saturated carbocycles. The molecule has 0 atom stereocenters. The van der Waals surface area contributed by atoms with Gasteiger partial charge < -0.3 is 9.84 Å². The summed E-state index contributed by atoms with van der Waals surface area (Å²) in [4.78, 5) is 0. The summed E-state index contributed by atoms with van der Waals surface area (Å²) in [6, 6.07) is 3.75. The third-order valence-electron chi connectivity index (χ3n) is 1.61. The van der Waals surface area contributed by atoms with Gasteiger partial charge in [0.25, 0.3) is 0 Å². The molecule has 1 aromatic rings. The van der Waals surface area contributed by atoms with E-state index in [1.807, 2.05) is 26.0 Å². The molecule has 0 amide bonds. The second kappa shape index (κ2) is 5.14. The highest BCUT2D eigenvalue weighted by Crippen LogP contribution is 2.33. The van der Waals surface area contributed by atoms with Crippen LogP contribution in [0.25, 0.3) is 0 Å². The Morgan fingerprint density at radius 2 is 2.00 bits per heavy atom. The maximum atomic E-state index is 9.16. The number of aliphatic hydroxyl groups excluding tert-OH is 1. The van der Waals surface area contributed by atoms with Gasteiger partial charge in [0.05, 0.1) is 17.2 Å². The van der Waals surface area contributed by atoms with Crippen LogP contribution in [0.15, 0.2) is 21.1 Å². The minimum atomic E-state index is -0.0277. The predicted molar refractivity (Wildman–Crippen MR) is 63.5 cm³/mol. The average Bonchev–Trinajstić information content (AvgIpc) is 2.08. The molecule has 0 spiro atoms. The molecule has 1 rings (SSSR count). The summed E-state index contributed by atoms with van der Waals surface area (Å²) in [5, 5.41) is 9.16. The van der Waals surface area contributed by atoms with Crippen molar-refractivity contribution in [3.8, 4) is 5.75 Å². The summed E-state index contributed by atoms with van der Waals surface area (Å²) >= 11 is 6.76. The smallest absolute Gasteiger partial charge is 0.139 e. The largest absolute Gasteiger partial charge is 0.489 e. The number of benzene rings is 1.